The molecule has 1 aliphatic rings. The summed E-state index contributed by atoms with van der Waals surface area (Å²) in [5.41, 5.74) is 0. The quantitative estimate of drug-likeness (QED) is 0.673. The van der Waals surface area contributed by atoms with Gasteiger partial charge in [0.05, 0.1) is 0 Å². The van der Waals surface area contributed by atoms with E-state index in [2.05, 4.69) is 27.1 Å². The van der Waals surface area contributed by atoms with Crippen LogP contribution >= 0.6 is 23.1 Å². The first kappa shape index (κ1) is 12.6. The minimum atomic E-state index is 0.845. The molecule has 1 aromatic rings. The molecule has 17 heavy (non-hydrogen) atoms. The van der Waals surface area contributed by atoms with E-state index in [1.807, 2.05) is 6.08 Å². The molecule has 2 rings (SSSR count). The van der Waals surface area contributed by atoms with Gasteiger partial charge in [0.25, 0.3) is 0 Å². The molecule has 0 saturated carbocycles. The highest BCUT2D eigenvalue weighted by atomic mass is 32.2. The monoisotopic (exact) mass is 268 g/mol. The molecule has 0 bridgehead atoms. The van der Waals surface area contributed by atoms with Gasteiger partial charge in [0.2, 0.25) is 5.13 Å². The van der Waals surface area contributed by atoms with Gasteiger partial charge in [-0.2, -0.15) is 0 Å². The largest absolute Gasteiger partial charge is 0.319 e. The molecule has 4 nitrogen and oxygen atoms in total. The topological polar surface area (TPSA) is 50.2 Å². The van der Waals surface area contributed by atoms with Crippen LogP contribution in [0.4, 0.5) is 5.13 Å². The van der Waals surface area contributed by atoms with Crippen molar-refractivity contribution in [3.05, 3.63) is 12.7 Å². The summed E-state index contributed by atoms with van der Waals surface area (Å²) < 4.78 is 0.974. The lowest BCUT2D eigenvalue weighted by atomic mass is 10.2. The number of nitrogens with one attached hydrogen (secondary N) is 1. The van der Waals surface area contributed by atoms with Gasteiger partial charge >= 0.3 is 0 Å². The molecule has 0 aliphatic carbocycles. The summed E-state index contributed by atoms with van der Waals surface area (Å²) in [5.74, 6) is 1.93. The van der Waals surface area contributed by atoms with Crippen molar-refractivity contribution in [1.82, 2.24) is 10.2 Å². The lowest BCUT2D eigenvalue weighted by Gasteiger charge is -2.02. The standard InChI is InChI=1S/C11H16N4S2/c1-2-8-16-11-15-14-10(17-11)13-9-6-4-3-5-7-12-9/h2H,1,3-8H2,(H,12,13,14). The van der Waals surface area contributed by atoms with Gasteiger partial charge in [0.1, 0.15) is 5.84 Å². The first-order chi connectivity index (χ1) is 8.38. The van der Waals surface area contributed by atoms with E-state index in [1.54, 1.807) is 23.1 Å². The molecule has 1 aromatic heterocycles. The maximum atomic E-state index is 4.51. The highest BCUT2D eigenvalue weighted by molar-refractivity contribution is 8.01. The van der Waals surface area contributed by atoms with Crippen molar-refractivity contribution in [2.75, 3.05) is 17.6 Å². The highest BCUT2D eigenvalue weighted by Crippen LogP contribution is 2.25. The number of nitrogens with zero attached hydrogens (tertiary/aromatic N) is 3. The summed E-state index contributed by atoms with van der Waals surface area (Å²) in [6.45, 7) is 4.62. The second-order valence-electron chi connectivity index (χ2n) is 3.74. The smallest absolute Gasteiger partial charge is 0.211 e. The van der Waals surface area contributed by atoms with Crippen LogP contribution in [0.5, 0.6) is 0 Å². The predicted octanol–water partition coefficient (Wildman–Crippen LogP) is 3.20. The summed E-state index contributed by atoms with van der Waals surface area (Å²) in [4.78, 5) is 4.51. The number of hydrogen-bond acceptors (Lipinski definition) is 6. The summed E-state index contributed by atoms with van der Waals surface area (Å²) in [6.07, 6.45) is 6.57. The summed E-state index contributed by atoms with van der Waals surface area (Å²) in [5, 5.41) is 12.3. The molecule has 1 aliphatic heterocycles. The second-order valence-corrected chi connectivity index (χ2v) is 5.98. The van der Waals surface area contributed by atoms with Gasteiger partial charge in [-0.15, -0.1) is 16.8 Å². The summed E-state index contributed by atoms with van der Waals surface area (Å²) in [6, 6.07) is 0. The molecule has 0 aromatic carbocycles. The van der Waals surface area contributed by atoms with E-state index in [4.69, 9.17) is 0 Å². The van der Waals surface area contributed by atoms with Crippen LogP contribution in [0.25, 0.3) is 0 Å². The normalized spacial score (nSPS) is 16.1. The number of aromatic nitrogens is 2. The molecule has 0 unspecified atom stereocenters. The van der Waals surface area contributed by atoms with Crippen LogP contribution in [-0.4, -0.2) is 28.3 Å². The van der Waals surface area contributed by atoms with Gasteiger partial charge in [0.15, 0.2) is 4.34 Å². The Morgan fingerprint density at radius 3 is 3.18 bits per heavy atom. The van der Waals surface area contributed by atoms with Crippen LogP contribution in [0.3, 0.4) is 0 Å². The molecule has 0 amide bonds. The Labute approximate surface area is 110 Å². The van der Waals surface area contributed by atoms with Gasteiger partial charge in [-0.1, -0.05) is 35.6 Å². The third-order valence-corrected chi connectivity index (χ3v) is 4.32. The number of anilines is 1. The van der Waals surface area contributed by atoms with Crippen molar-refractivity contribution in [2.24, 2.45) is 4.99 Å². The fraction of sp³-hybridized carbons (Fsp3) is 0.545. The number of amidine groups is 1. The first-order valence-electron chi connectivity index (χ1n) is 5.76. The zero-order valence-electron chi connectivity index (χ0n) is 9.69. The van der Waals surface area contributed by atoms with Crippen LogP contribution in [0, 0.1) is 0 Å². The zero-order chi connectivity index (χ0) is 11.9. The second kappa shape index (κ2) is 6.76. The third kappa shape index (κ3) is 4.12. The van der Waals surface area contributed by atoms with Crippen molar-refractivity contribution >= 4 is 34.1 Å². The van der Waals surface area contributed by atoms with Crippen LogP contribution in [-0.2, 0) is 0 Å². The van der Waals surface area contributed by atoms with E-state index in [1.165, 1.54) is 19.3 Å². The summed E-state index contributed by atoms with van der Waals surface area (Å²) >= 11 is 3.23. The molecule has 0 radical (unpaired) electrons. The molecule has 0 spiro atoms. The van der Waals surface area contributed by atoms with Gasteiger partial charge in [-0.25, -0.2) is 0 Å². The molecule has 92 valence electrons. The van der Waals surface area contributed by atoms with E-state index in [0.29, 0.717) is 0 Å². The lowest BCUT2D eigenvalue weighted by molar-refractivity contribution is 0.731. The highest BCUT2D eigenvalue weighted by Gasteiger charge is 2.08. The molecular weight excluding hydrogens is 252 g/mol. The fourth-order valence-electron chi connectivity index (χ4n) is 1.55. The third-order valence-electron chi connectivity index (χ3n) is 2.36. The minimum absolute atomic E-state index is 0.845. The number of aliphatic imine (C=N–C) groups is 1. The number of thioether (sulfide) groups is 1. The Morgan fingerprint density at radius 2 is 2.29 bits per heavy atom. The van der Waals surface area contributed by atoms with Crippen LogP contribution in [0.15, 0.2) is 22.0 Å². The molecule has 2 heterocycles. The molecule has 1 N–H and O–H groups in total. The van der Waals surface area contributed by atoms with E-state index in [-0.39, 0.29) is 0 Å². The van der Waals surface area contributed by atoms with Crippen molar-refractivity contribution in [2.45, 2.75) is 30.0 Å². The Balaban J connectivity index is 1.91. The lowest BCUT2D eigenvalue weighted by Crippen LogP contribution is -2.11. The average Bonchev–Trinajstić information content (AvgIpc) is 2.61. The predicted molar refractivity (Wildman–Crippen MR) is 75.2 cm³/mol. The molecule has 0 saturated heterocycles. The van der Waals surface area contributed by atoms with Crippen molar-refractivity contribution in [3.63, 3.8) is 0 Å². The Bertz CT molecular complexity index is 400. The van der Waals surface area contributed by atoms with Crippen molar-refractivity contribution < 1.29 is 0 Å². The molecule has 6 heteroatoms. The Kier molecular flexibility index (Phi) is 5.00. The zero-order valence-corrected chi connectivity index (χ0v) is 11.3. The number of hydrogen-bond donors (Lipinski definition) is 1. The van der Waals surface area contributed by atoms with Crippen molar-refractivity contribution in [3.8, 4) is 0 Å². The molecular formula is C11H16N4S2. The van der Waals surface area contributed by atoms with Gasteiger partial charge in [0, 0.05) is 18.7 Å². The minimum Gasteiger partial charge on any atom is -0.319 e. The molecule has 0 atom stereocenters. The maximum Gasteiger partial charge on any atom is 0.211 e. The van der Waals surface area contributed by atoms with Gasteiger partial charge < -0.3 is 5.32 Å². The summed E-state index contributed by atoms with van der Waals surface area (Å²) in [7, 11) is 0. The Morgan fingerprint density at radius 1 is 1.35 bits per heavy atom. The van der Waals surface area contributed by atoms with E-state index < -0.39 is 0 Å². The number of rotatable bonds is 4. The first-order valence-corrected chi connectivity index (χ1v) is 7.56. The van der Waals surface area contributed by atoms with E-state index in [9.17, 15) is 0 Å². The van der Waals surface area contributed by atoms with Gasteiger partial charge in [-0.3, -0.25) is 4.99 Å². The fourth-order valence-corrected chi connectivity index (χ4v) is 3.08. The van der Waals surface area contributed by atoms with Crippen LogP contribution < -0.4 is 5.32 Å². The Hall–Kier alpha value is -0.880. The van der Waals surface area contributed by atoms with E-state index in [0.717, 1.165) is 34.0 Å². The van der Waals surface area contributed by atoms with E-state index >= 15 is 0 Å². The van der Waals surface area contributed by atoms with Crippen molar-refractivity contribution in [1.29, 1.82) is 0 Å². The SMILES string of the molecule is C=CCSc1nnc(NC2=NCCCCC2)s1. The average molecular weight is 268 g/mol. The maximum absolute atomic E-state index is 4.51. The van der Waals surface area contributed by atoms with Crippen LogP contribution in [0.2, 0.25) is 0 Å². The van der Waals surface area contributed by atoms with Crippen LogP contribution in [0.1, 0.15) is 25.7 Å². The molecule has 0 fully saturated rings. The van der Waals surface area contributed by atoms with Gasteiger partial charge in [-0.05, 0) is 12.8 Å².